The monoisotopic (exact) mass is 719 g/mol. The normalized spacial score (nSPS) is 12.4. The molecule has 1 aliphatic rings. The van der Waals surface area contributed by atoms with Gasteiger partial charge in [-0.2, -0.15) is 0 Å². The molecule has 10 rings (SSSR count). The summed E-state index contributed by atoms with van der Waals surface area (Å²) in [5.41, 5.74) is 10.1. The maximum Gasteiger partial charge on any atom is 0.164 e. The first kappa shape index (κ1) is 33.4. The Morgan fingerprint density at radius 1 is 0.429 bits per heavy atom. The van der Waals surface area contributed by atoms with Crippen molar-refractivity contribution >= 4 is 44.0 Å². The highest BCUT2D eigenvalue weighted by molar-refractivity contribution is 5.93. The summed E-state index contributed by atoms with van der Waals surface area (Å²) in [5, 5.41) is 6.98. The highest BCUT2D eigenvalue weighted by Gasteiger charge is 2.16. The average molecular weight is 720 g/mol. The molecule has 0 unspecified atom stereocenters. The minimum Gasteiger partial charge on any atom is -0.494 e. The highest BCUT2D eigenvalue weighted by atomic mass is 16.5. The van der Waals surface area contributed by atoms with E-state index in [0.717, 1.165) is 50.4 Å². The molecule has 1 aromatic heterocycles. The number of rotatable bonds is 7. The summed E-state index contributed by atoms with van der Waals surface area (Å²) in [4.78, 5) is 15.4. The molecule has 9 aromatic rings. The fourth-order valence-corrected chi connectivity index (χ4v) is 7.71. The van der Waals surface area contributed by atoms with Gasteiger partial charge in [-0.25, -0.2) is 15.0 Å². The van der Waals surface area contributed by atoms with Gasteiger partial charge in [0.2, 0.25) is 0 Å². The standard InChI is InChI=1S/C52H37N3O/c1-2-56-49-27-26-44-32-48(25-22-45(44)33-49)52-54-50(46-23-16-37-13-12-36(15-17-39(37)30-46)34-8-4-3-5-9-34)53-51(55-52)47-24-21-42-29-41(19-20-43(42)31-47)40-18-14-35-10-6-7-11-38(35)28-40/h3-16,18-33H,2,17H2,1H3. The average Bonchev–Trinajstić information content (AvgIpc) is 3.48. The molecule has 4 nitrogen and oxygen atoms in total. The van der Waals surface area contributed by atoms with E-state index in [1.165, 1.54) is 44.2 Å². The van der Waals surface area contributed by atoms with Gasteiger partial charge in [-0.3, -0.25) is 0 Å². The molecule has 4 heteroatoms. The van der Waals surface area contributed by atoms with Crippen LogP contribution in [0, 0.1) is 0 Å². The number of aromatic nitrogens is 3. The molecule has 266 valence electrons. The first-order valence-corrected chi connectivity index (χ1v) is 19.2. The van der Waals surface area contributed by atoms with Crippen molar-refractivity contribution in [2.24, 2.45) is 0 Å². The first-order chi connectivity index (χ1) is 27.6. The Hall–Kier alpha value is -7.17. The quantitative estimate of drug-likeness (QED) is 0.165. The second-order valence-corrected chi connectivity index (χ2v) is 14.3. The van der Waals surface area contributed by atoms with Crippen LogP contribution in [0.3, 0.4) is 0 Å². The Morgan fingerprint density at radius 2 is 0.929 bits per heavy atom. The van der Waals surface area contributed by atoms with E-state index in [1.807, 2.05) is 13.0 Å². The van der Waals surface area contributed by atoms with Gasteiger partial charge in [0.1, 0.15) is 5.75 Å². The maximum absolute atomic E-state index is 5.77. The number of fused-ring (bicyclic) bond motifs is 4. The molecule has 0 bridgehead atoms. The number of ether oxygens (including phenoxy) is 1. The topological polar surface area (TPSA) is 47.9 Å². The molecule has 0 atom stereocenters. The van der Waals surface area contributed by atoms with Crippen molar-refractivity contribution in [3.8, 4) is 51.0 Å². The van der Waals surface area contributed by atoms with E-state index in [4.69, 9.17) is 19.7 Å². The van der Waals surface area contributed by atoms with Crippen molar-refractivity contribution in [1.29, 1.82) is 0 Å². The van der Waals surface area contributed by atoms with E-state index >= 15 is 0 Å². The van der Waals surface area contributed by atoms with Crippen molar-refractivity contribution < 1.29 is 4.74 Å². The molecule has 0 saturated heterocycles. The van der Waals surface area contributed by atoms with Crippen LogP contribution in [0.1, 0.15) is 23.6 Å². The number of hydrogen-bond donors (Lipinski definition) is 0. The lowest BCUT2D eigenvalue weighted by Crippen LogP contribution is -2.01. The van der Waals surface area contributed by atoms with Crippen LogP contribution in [0.5, 0.6) is 5.75 Å². The zero-order valence-electron chi connectivity index (χ0n) is 31.0. The molecular weight excluding hydrogens is 683 g/mol. The van der Waals surface area contributed by atoms with Gasteiger partial charge < -0.3 is 4.74 Å². The molecule has 0 amide bonds. The van der Waals surface area contributed by atoms with Crippen LogP contribution in [-0.4, -0.2) is 21.6 Å². The molecule has 1 heterocycles. The number of benzene rings is 8. The van der Waals surface area contributed by atoms with E-state index in [2.05, 4.69) is 176 Å². The Balaban J connectivity index is 1.05. The summed E-state index contributed by atoms with van der Waals surface area (Å²) in [5.74, 6) is 2.78. The fraction of sp³-hybridized carbons (Fsp3) is 0.0577. The molecule has 0 N–H and O–H groups in total. The van der Waals surface area contributed by atoms with Crippen LogP contribution >= 0.6 is 0 Å². The van der Waals surface area contributed by atoms with E-state index in [9.17, 15) is 0 Å². The van der Waals surface area contributed by atoms with E-state index in [-0.39, 0.29) is 0 Å². The third-order valence-electron chi connectivity index (χ3n) is 10.7. The number of hydrogen-bond acceptors (Lipinski definition) is 4. The van der Waals surface area contributed by atoms with Crippen molar-refractivity contribution in [2.45, 2.75) is 13.3 Å². The molecule has 0 spiro atoms. The van der Waals surface area contributed by atoms with Crippen molar-refractivity contribution in [3.63, 3.8) is 0 Å². The summed E-state index contributed by atoms with van der Waals surface area (Å²) in [6, 6.07) is 58.0. The van der Waals surface area contributed by atoms with Crippen LogP contribution in [0.2, 0.25) is 0 Å². The van der Waals surface area contributed by atoms with Gasteiger partial charge in [0.15, 0.2) is 17.5 Å². The van der Waals surface area contributed by atoms with Crippen LogP contribution in [0.4, 0.5) is 0 Å². The van der Waals surface area contributed by atoms with Gasteiger partial charge in [-0.1, -0.05) is 140 Å². The molecule has 8 aromatic carbocycles. The van der Waals surface area contributed by atoms with Gasteiger partial charge in [0, 0.05) is 16.7 Å². The first-order valence-electron chi connectivity index (χ1n) is 19.2. The van der Waals surface area contributed by atoms with Crippen molar-refractivity contribution in [1.82, 2.24) is 15.0 Å². The fourth-order valence-electron chi connectivity index (χ4n) is 7.71. The van der Waals surface area contributed by atoms with Crippen LogP contribution < -0.4 is 4.74 Å². The summed E-state index contributed by atoms with van der Waals surface area (Å²) < 4.78 is 5.77. The third kappa shape index (κ3) is 6.52. The number of allylic oxidation sites excluding steroid dienone is 3. The third-order valence-corrected chi connectivity index (χ3v) is 10.7. The molecule has 56 heavy (non-hydrogen) atoms. The van der Waals surface area contributed by atoms with Crippen molar-refractivity contribution in [2.75, 3.05) is 6.61 Å². The predicted molar refractivity (Wildman–Crippen MR) is 232 cm³/mol. The lowest BCUT2D eigenvalue weighted by Gasteiger charge is -2.12. The minimum absolute atomic E-state index is 0.629. The van der Waals surface area contributed by atoms with E-state index < -0.39 is 0 Å². The molecule has 0 aliphatic heterocycles. The van der Waals surface area contributed by atoms with Crippen LogP contribution in [0.15, 0.2) is 176 Å². The molecule has 0 saturated carbocycles. The Labute approximate surface area is 326 Å². The summed E-state index contributed by atoms with van der Waals surface area (Å²) in [6.45, 7) is 2.63. The zero-order valence-corrected chi connectivity index (χ0v) is 31.0. The molecule has 0 radical (unpaired) electrons. The van der Waals surface area contributed by atoms with E-state index in [1.54, 1.807) is 0 Å². The summed E-state index contributed by atoms with van der Waals surface area (Å²) >= 11 is 0. The van der Waals surface area contributed by atoms with Crippen molar-refractivity contribution in [3.05, 3.63) is 193 Å². The van der Waals surface area contributed by atoms with Gasteiger partial charge >= 0.3 is 0 Å². The van der Waals surface area contributed by atoms with Crippen LogP contribution in [0.25, 0.3) is 89.3 Å². The second kappa shape index (κ2) is 14.2. The highest BCUT2D eigenvalue weighted by Crippen LogP contribution is 2.33. The minimum atomic E-state index is 0.629. The number of nitrogens with zero attached hydrogens (tertiary/aromatic N) is 3. The Morgan fingerprint density at radius 3 is 1.59 bits per heavy atom. The summed E-state index contributed by atoms with van der Waals surface area (Å²) in [6.07, 6.45) is 7.53. The lowest BCUT2D eigenvalue weighted by molar-refractivity contribution is 0.341. The van der Waals surface area contributed by atoms with Gasteiger partial charge in [0.25, 0.3) is 0 Å². The van der Waals surface area contributed by atoms with Gasteiger partial charge in [-0.15, -0.1) is 0 Å². The predicted octanol–water partition coefficient (Wildman–Crippen LogP) is 13.1. The van der Waals surface area contributed by atoms with Gasteiger partial charge in [0.05, 0.1) is 6.61 Å². The maximum atomic E-state index is 5.77. The molecule has 1 aliphatic carbocycles. The molecule has 0 fully saturated rings. The summed E-state index contributed by atoms with van der Waals surface area (Å²) in [7, 11) is 0. The van der Waals surface area contributed by atoms with Gasteiger partial charge in [-0.05, 0) is 122 Å². The lowest BCUT2D eigenvalue weighted by atomic mass is 9.98. The van der Waals surface area contributed by atoms with E-state index in [0.29, 0.717) is 24.1 Å². The largest absolute Gasteiger partial charge is 0.494 e. The zero-order chi connectivity index (χ0) is 37.4. The SMILES string of the molecule is CCOc1ccc2cc(-c3nc(-c4ccc5c(c4)CC=C(c4ccccc4)C=C5)nc(-c4ccc5cc(-c6ccc7ccccc7c6)ccc5c4)n3)ccc2c1. The smallest absolute Gasteiger partial charge is 0.164 e. The van der Waals surface area contributed by atoms with Crippen LogP contribution in [-0.2, 0) is 6.42 Å². The molecular formula is C52H37N3O. The Bertz CT molecular complexity index is 3020. The second-order valence-electron chi connectivity index (χ2n) is 14.3. The Kier molecular flexibility index (Phi) is 8.49.